The molecule has 0 atom stereocenters. The van der Waals surface area contributed by atoms with Crippen molar-refractivity contribution in [2.24, 2.45) is 0 Å². The van der Waals surface area contributed by atoms with Crippen LogP contribution < -0.4 is 0 Å². The van der Waals surface area contributed by atoms with E-state index in [1.807, 2.05) is 53.1 Å². The van der Waals surface area contributed by atoms with Gasteiger partial charge in [-0.05, 0) is 30.3 Å². The molecule has 0 aliphatic rings. The Balaban J connectivity index is 1.99. The Bertz CT molecular complexity index is 865. The van der Waals surface area contributed by atoms with Gasteiger partial charge in [0.1, 0.15) is 0 Å². The molecule has 4 aromatic rings. The van der Waals surface area contributed by atoms with Gasteiger partial charge in [-0.2, -0.15) is 0 Å². The minimum atomic E-state index is 0.718. The van der Waals surface area contributed by atoms with E-state index in [0.717, 1.165) is 28.1 Å². The van der Waals surface area contributed by atoms with Gasteiger partial charge in [0.15, 0.2) is 0 Å². The highest BCUT2D eigenvalue weighted by Gasteiger charge is 2.06. The SMILES string of the molecule is c1ccc2c(c1)nc1nc(-c3ccncc3)ccn12. The molecule has 4 rings (SSSR count). The molecular formula is C15H10N4. The maximum Gasteiger partial charge on any atom is 0.235 e. The standard InChI is InChI=1S/C15H10N4/c1-2-4-14-13(3-1)18-15-17-12(7-10-19(14)15)11-5-8-16-9-6-11/h1-10H. The number of hydrogen-bond acceptors (Lipinski definition) is 3. The van der Waals surface area contributed by atoms with Crippen molar-refractivity contribution in [2.75, 3.05) is 0 Å². The molecule has 0 unspecified atom stereocenters. The van der Waals surface area contributed by atoms with E-state index in [-0.39, 0.29) is 0 Å². The van der Waals surface area contributed by atoms with E-state index in [4.69, 9.17) is 0 Å². The highest BCUT2D eigenvalue weighted by Crippen LogP contribution is 2.19. The van der Waals surface area contributed by atoms with Crippen LogP contribution in [0.5, 0.6) is 0 Å². The first-order chi connectivity index (χ1) is 9.42. The predicted octanol–water partition coefficient (Wildman–Crippen LogP) is 2.94. The highest BCUT2D eigenvalue weighted by atomic mass is 15.1. The van der Waals surface area contributed by atoms with E-state index in [1.165, 1.54) is 0 Å². The van der Waals surface area contributed by atoms with Gasteiger partial charge in [-0.3, -0.25) is 9.38 Å². The van der Waals surface area contributed by atoms with Gasteiger partial charge in [0.2, 0.25) is 5.78 Å². The first kappa shape index (κ1) is 10.2. The molecule has 0 aliphatic heterocycles. The monoisotopic (exact) mass is 246 g/mol. The van der Waals surface area contributed by atoms with Gasteiger partial charge in [0, 0.05) is 24.2 Å². The molecule has 0 amide bonds. The fourth-order valence-electron chi connectivity index (χ4n) is 2.23. The Morgan fingerprint density at radius 1 is 0.842 bits per heavy atom. The Hall–Kier alpha value is -2.75. The summed E-state index contributed by atoms with van der Waals surface area (Å²) < 4.78 is 2.00. The van der Waals surface area contributed by atoms with Crippen molar-refractivity contribution in [3.63, 3.8) is 0 Å². The lowest BCUT2D eigenvalue weighted by atomic mass is 10.2. The van der Waals surface area contributed by atoms with Crippen LogP contribution in [0.15, 0.2) is 61.1 Å². The summed E-state index contributed by atoms with van der Waals surface area (Å²) in [5, 5.41) is 0. The van der Waals surface area contributed by atoms with Gasteiger partial charge in [0.05, 0.1) is 16.7 Å². The fourth-order valence-corrected chi connectivity index (χ4v) is 2.23. The first-order valence-corrected chi connectivity index (χ1v) is 6.06. The Kier molecular flexibility index (Phi) is 2.08. The number of pyridine rings is 1. The van der Waals surface area contributed by atoms with Crippen molar-refractivity contribution in [1.29, 1.82) is 0 Å². The number of nitrogens with zero attached hydrogens (tertiary/aromatic N) is 4. The third-order valence-electron chi connectivity index (χ3n) is 3.16. The molecule has 19 heavy (non-hydrogen) atoms. The summed E-state index contributed by atoms with van der Waals surface area (Å²) in [6, 6.07) is 13.9. The number of aromatic nitrogens is 4. The molecule has 0 spiro atoms. The normalized spacial score (nSPS) is 11.2. The lowest BCUT2D eigenvalue weighted by Crippen LogP contribution is -1.91. The molecule has 0 bridgehead atoms. The summed E-state index contributed by atoms with van der Waals surface area (Å²) in [5.74, 6) is 0.718. The zero-order chi connectivity index (χ0) is 12.7. The number of fused-ring (bicyclic) bond motifs is 3. The molecule has 1 aromatic carbocycles. The summed E-state index contributed by atoms with van der Waals surface area (Å²) in [6.45, 7) is 0. The van der Waals surface area contributed by atoms with Crippen molar-refractivity contribution in [3.05, 3.63) is 61.1 Å². The molecule has 4 nitrogen and oxygen atoms in total. The number of benzene rings is 1. The molecule has 0 saturated carbocycles. The second kappa shape index (κ2) is 3.88. The van der Waals surface area contributed by atoms with E-state index in [0.29, 0.717) is 0 Å². The molecule has 3 aromatic heterocycles. The molecule has 4 heteroatoms. The zero-order valence-corrected chi connectivity index (χ0v) is 10.1. The summed E-state index contributed by atoms with van der Waals surface area (Å²) in [6.07, 6.45) is 5.54. The minimum absolute atomic E-state index is 0.718. The predicted molar refractivity (Wildman–Crippen MR) is 73.7 cm³/mol. The van der Waals surface area contributed by atoms with E-state index in [2.05, 4.69) is 15.0 Å². The molecule has 0 aliphatic carbocycles. The van der Waals surface area contributed by atoms with Gasteiger partial charge in [0.25, 0.3) is 0 Å². The van der Waals surface area contributed by atoms with Crippen LogP contribution in [0.4, 0.5) is 0 Å². The van der Waals surface area contributed by atoms with Gasteiger partial charge in [-0.1, -0.05) is 12.1 Å². The molecule has 0 N–H and O–H groups in total. The zero-order valence-electron chi connectivity index (χ0n) is 10.1. The smallest absolute Gasteiger partial charge is 0.235 e. The highest BCUT2D eigenvalue weighted by molar-refractivity contribution is 5.79. The topological polar surface area (TPSA) is 43.1 Å². The van der Waals surface area contributed by atoms with Crippen LogP contribution in [0.25, 0.3) is 28.1 Å². The van der Waals surface area contributed by atoms with Crippen LogP contribution in [0.2, 0.25) is 0 Å². The van der Waals surface area contributed by atoms with E-state index < -0.39 is 0 Å². The summed E-state index contributed by atoms with van der Waals surface area (Å²) in [7, 11) is 0. The number of imidazole rings is 1. The van der Waals surface area contributed by atoms with E-state index >= 15 is 0 Å². The molecule has 0 saturated heterocycles. The van der Waals surface area contributed by atoms with E-state index in [9.17, 15) is 0 Å². The Morgan fingerprint density at radius 3 is 2.58 bits per heavy atom. The van der Waals surface area contributed by atoms with Crippen LogP contribution >= 0.6 is 0 Å². The second-order valence-electron chi connectivity index (χ2n) is 4.32. The third kappa shape index (κ3) is 1.57. The quantitative estimate of drug-likeness (QED) is 0.518. The average Bonchev–Trinajstić information content (AvgIpc) is 2.86. The lowest BCUT2D eigenvalue weighted by Gasteiger charge is -2.00. The number of rotatable bonds is 1. The van der Waals surface area contributed by atoms with Crippen molar-refractivity contribution >= 4 is 16.8 Å². The lowest BCUT2D eigenvalue weighted by molar-refractivity contribution is 1.14. The van der Waals surface area contributed by atoms with Crippen molar-refractivity contribution in [1.82, 2.24) is 19.4 Å². The summed E-state index contributed by atoms with van der Waals surface area (Å²) >= 11 is 0. The first-order valence-electron chi connectivity index (χ1n) is 6.06. The van der Waals surface area contributed by atoms with Gasteiger partial charge in [-0.25, -0.2) is 9.97 Å². The molecule has 3 heterocycles. The minimum Gasteiger partial charge on any atom is -0.284 e. The van der Waals surface area contributed by atoms with Crippen molar-refractivity contribution < 1.29 is 0 Å². The number of hydrogen-bond donors (Lipinski definition) is 0. The Labute approximate surface area is 109 Å². The largest absolute Gasteiger partial charge is 0.284 e. The van der Waals surface area contributed by atoms with Gasteiger partial charge < -0.3 is 0 Å². The molecule has 90 valence electrons. The summed E-state index contributed by atoms with van der Waals surface area (Å²) in [5.41, 5.74) is 3.99. The number of para-hydroxylation sites is 2. The van der Waals surface area contributed by atoms with Crippen LogP contribution in [0, 0.1) is 0 Å². The van der Waals surface area contributed by atoms with Crippen LogP contribution in [-0.4, -0.2) is 19.4 Å². The maximum atomic E-state index is 4.61. The Morgan fingerprint density at radius 2 is 1.68 bits per heavy atom. The molecular weight excluding hydrogens is 236 g/mol. The van der Waals surface area contributed by atoms with Gasteiger partial charge >= 0.3 is 0 Å². The van der Waals surface area contributed by atoms with Crippen LogP contribution in [-0.2, 0) is 0 Å². The maximum absolute atomic E-state index is 4.61. The molecule has 0 radical (unpaired) electrons. The van der Waals surface area contributed by atoms with Crippen molar-refractivity contribution in [3.8, 4) is 11.3 Å². The van der Waals surface area contributed by atoms with Crippen LogP contribution in [0.3, 0.4) is 0 Å². The van der Waals surface area contributed by atoms with E-state index in [1.54, 1.807) is 12.4 Å². The fraction of sp³-hybridized carbons (Fsp3) is 0. The summed E-state index contributed by atoms with van der Waals surface area (Å²) in [4.78, 5) is 13.2. The molecule has 0 fully saturated rings. The second-order valence-corrected chi connectivity index (χ2v) is 4.32. The average molecular weight is 246 g/mol. The van der Waals surface area contributed by atoms with Crippen LogP contribution in [0.1, 0.15) is 0 Å². The van der Waals surface area contributed by atoms with Gasteiger partial charge in [-0.15, -0.1) is 0 Å². The third-order valence-corrected chi connectivity index (χ3v) is 3.16. The van der Waals surface area contributed by atoms with Crippen molar-refractivity contribution in [2.45, 2.75) is 0 Å².